The van der Waals surface area contributed by atoms with E-state index in [0.717, 1.165) is 22.4 Å². The van der Waals surface area contributed by atoms with E-state index in [1.54, 1.807) is 30.7 Å². The topological polar surface area (TPSA) is 137 Å². The van der Waals surface area contributed by atoms with Gasteiger partial charge in [-0.25, -0.2) is 9.97 Å². The second kappa shape index (κ2) is 8.67. The van der Waals surface area contributed by atoms with E-state index >= 15 is 0 Å². The first kappa shape index (κ1) is 22.8. The third-order valence-corrected chi connectivity index (χ3v) is 6.52. The number of nitrogens with zero attached hydrogens (tertiary/aromatic N) is 4. The number of fused-ring (bicyclic) bond motifs is 2. The molecule has 2 aromatic heterocycles. The Balaban J connectivity index is 1.27. The van der Waals surface area contributed by atoms with Crippen molar-refractivity contribution in [1.29, 1.82) is 0 Å². The number of ether oxygens (including phenoxy) is 1. The predicted molar refractivity (Wildman–Crippen MR) is 135 cm³/mol. The molecule has 35 heavy (non-hydrogen) atoms. The van der Waals surface area contributed by atoms with Gasteiger partial charge in [-0.3, -0.25) is 9.29 Å². The van der Waals surface area contributed by atoms with E-state index in [1.165, 1.54) is 0 Å². The first-order chi connectivity index (χ1) is 16.7. The minimum Gasteiger partial charge on any atom is -0.491 e. The highest BCUT2D eigenvalue weighted by molar-refractivity contribution is 7.91. The van der Waals surface area contributed by atoms with Crippen LogP contribution in [0.15, 0.2) is 71.5 Å². The molecule has 0 fully saturated rings. The van der Waals surface area contributed by atoms with E-state index < -0.39 is 15.7 Å². The Morgan fingerprint density at radius 1 is 1.11 bits per heavy atom. The molecule has 3 heterocycles. The number of nitrogens with one attached hydrogen (secondary N) is 2. The molecule has 0 saturated heterocycles. The normalized spacial score (nSPS) is 14.7. The average Bonchev–Trinajstić information content (AvgIpc) is 3.25. The van der Waals surface area contributed by atoms with Crippen molar-refractivity contribution in [2.24, 2.45) is 10.1 Å². The lowest BCUT2D eigenvalue weighted by molar-refractivity contribution is 0.207. The van der Waals surface area contributed by atoms with Crippen LogP contribution in [-0.2, 0) is 16.8 Å². The quantitative estimate of drug-likeness (QED) is 0.362. The fourth-order valence-electron chi connectivity index (χ4n) is 3.83. The summed E-state index contributed by atoms with van der Waals surface area (Å²) in [5.74, 6) is 1.15. The molecule has 0 saturated carbocycles. The summed E-state index contributed by atoms with van der Waals surface area (Å²) in [4.78, 5) is 8.95. The minimum absolute atomic E-state index is 0.101. The van der Waals surface area contributed by atoms with Crippen molar-refractivity contribution in [2.45, 2.75) is 25.9 Å². The van der Waals surface area contributed by atoms with E-state index in [1.807, 2.05) is 54.8 Å². The standard InChI is InChI=1S/C24H25N7O3S/c1-24(2,14-34-20-9-5-7-18-22(20)23(25)30-35(32,33)29-18)28-13-16-10-11-26-21(12-16)31-15-27-17-6-3-4-8-19(17)31/h3-12,15,28-29H,13-14H2,1-2H3,(H2,25,30). The fourth-order valence-corrected chi connectivity index (χ4v) is 4.68. The van der Waals surface area contributed by atoms with Gasteiger partial charge in [0.15, 0.2) is 5.84 Å². The van der Waals surface area contributed by atoms with Gasteiger partial charge in [-0.15, -0.1) is 4.40 Å². The summed E-state index contributed by atoms with van der Waals surface area (Å²) < 4.78 is 37.5. The Kier molecular flexibility index (Phi) is 5.65. The molecule has 0 atom stereocenters. The van der Waals surface area contributed by atoms with Crippen molar-refractivity contribution in [3.8, 4) is 11.6 Å². The molecule has 0 spiro atoms. The van der Waals surface area contributed by atoms with Crippen LogP contribution in [0, 0.1) is 0 Å². The fraction of sp³-hybridized carbons (Fsp3) is 0.208. The lowest BCUT2D eigenvalue weighted by Gasteiger charge is -2.28. The van der Waals surface area contributed by atoms with Crippen LogP contribution in [-0.4, -0.2) is 40.9 Å². The van der Waals surface area contributed by atoms with E-state index in [0.29, 0.717) is 30.2 Å². The summed E-state index contributed by atoms with van der Waals surface area (Å²) in [6, 6.07) is 17.0. The third-order valence-electron chi connectivity index (χ3n) is 5.61. The number of anilines is 1. The molecule has 11 heteroatoms. The summed E-state index contributed by atoms with van der Waals surface area (Å²) in [5.41, 5.74) is 9.25. The maximum Gasteiger partial charge on any atom is 0.344 e. The second-order valence-corrected chi connectivity index (χ2v) is 10.2. The Morgan fingerprint density at radius 3 is 2.80 bits per heavy atom. The number of para-hydroxylation sites is 2. The van der Waals surface area contributed by atoms with Crippen LogP contribution in [0.3, 0.4) is 0 Å². The zero-order chi connectivity index (χ0) is 24.6. The van der Waals surface area contributed by atoms with Crippen molar-refractivity contribution in [3.05, 3.63) is 78.2 Å². The third kappa shape index (κ3) is 4.81. The van der Waals surface area contributed by atoms with E-state index in [9.17, 15) is 8.42 Å². The van der Waals surface area contributed by atoms with Crippen LogP contribution in [0.4, 0.5) is 5.69 Å². The van der Waals surface area contributed by atoms with Crippen molar-refractivity contribution in [2.75, 3.05) is 11.3 Å². The Hall–Kier alpha value is -3.96. The van der Waals surface area contributed by atoms with Gasteiger partial charge in [0.1, 0.15) is 24.5 Å². The van der Waals surface area contributed by atoms with E-state index in [2.05, 4.69) is 24.4 Å². The predicted octanol–water partition coefficient (Wildman–Crippen LogP) is 2.74. The van der Waals surface area contributed by atoms with Gasteiger partial charge in [0, 0.05) is 18.3 Å². The molecule has 0 bridgehead atoms. The number of rotatable bonds is 7. The lowest BCUT2D eigenvalue weighted by atomic mass is 10.1. The van der Waals surface area contributed by atoms with E-state index in [-0.39, 0.29) is 5.84 Å². The van der Waals surface area contributed by atoms with Crippen LogP contribution in [0.5, 0.6) is 5.75 Å². The molecule has 5 rings (SSSR count). The van der Waals surface area contributed by atoms with Crippen molar-refractivity contribution < 1.29 is 13.2 Å². The molecule has 0 amide bonds. The number of hydrogen-bond donors (Lipinski definition) is 3. The van der Waals surface area contributed by atoms with Gasteiger partial charge in [0.05, 0.1) is 22.3 Å². The van der Waals surface area contributed by atoms with Crippen LogP contribution < -0.4 is 20.5 Å². The van der Waals surface area contributed by atoms with Crippen molar-refractivity contribution >= 4 is 32.8 Å². The molecule has 2 aromatic carbocycles. The number of aromatic nitrogens is 3. The molecule has 0 radical (unpaired) electrons. The first-order valence-electron chi connectivity index (χ1n) is 11.0. The maximum atomic E-state index is 11.8. The Bertz CT molecular complexity index is 1540. The summed E-state index contributed by atoms with van der Waals surface area (Å²) >= 11 is 0. The van der Waals surface area contributed by atoms with Crippen LogP contribution in [0.25, 0.3) is 16.9 Å². The van der Waals surface area contributed by atoms with Gasteiger partial charge in [-0.05, 0) is 55.8 Å². The number of amidine groups is 1. The molecule has 1 aliphatic rings. The molecule has 0 aliphatic carbocycles. The molecule has 180 valence electrons. The monoisotopic (exact) mass is 491 g/mol. The smallest absolute Gasteiger partial charge is 0.344 e. The number of imidazole rings is 1. The molecule has 1 aliphatic heterocycles. The van der Waals surface area contributed by atoms with Crippen molar-refractivity contribution in [1.82, 2.24) is 19.9 Å². The zero-order valence-corrected chi connectivity index (χ0v) is 20.1. The Morgan fingerprint density at radius 2 is 1.94 bits per heavy atom. The summed E-state index contributed by atoms with van der Waals surface area (Å²) in [5, 5.41) is 3.51. The lowest BCUT2D eigenvalue weighted by Crippen LogP contribution is -2.44. The number of pyridine rings is 1. The average molecular weight is 492 g/mol. The van der Waals surface area contributed by atoms with Crippen LogP contribution in [0.1, 0.15) is 25.0 Å². The van der Waals surface area contributed by atoms with Gasteiger partial charge in [-0.2, -0.15) is 8.42 Å². The highest BCUT2D eigenvalue weighted by Crippen LogP contribution is 2.31. The maximum absolute atomic E-state index is 11.8. The van der Waals surface area contributed by atoms with Crippen LogP contribution >= 0.6 is 0 Å². The van der Waals surface area contributed by atoms with Gasteiger partial charge in [0.2, 0.25) is 0 Å². The van der Waals surface area contributed by atoms with Gasteiger partial charge in [0.25, 0.3) is 0 Å². The van der Waals surface area contributed by atoms with E-state index in [4.69, 9.17) is 10.5 Å². The molecular weight excluding hydrogens is 466 g/mol. The largest absolute Gasteiger partial charge is 0.491 e. The van der Waals surface area contributed by atoms with Gasteiger partial charge in [-0.1, -0.05) is 18.2 Å². The zero-order valence-electron chi connectivity index (χ0n) is 19.3. The van der Waals surface area contributed by atoms with Gasteiger partial charge >= 0.3 is 10.2 Å². The highest BCUT2D eigenvalue weighted by Gasteiger charge is 2.26. The molecule has 4 N–H and O–H groups in total. The SMILES string of the molecule is CC(C)(COc1cccc2c1C(N)=NS(=O)(=O)N2)NCc1ccnc(-n2cnc3ccccc32)c1. The molecule has 10 nitrogen and oxygen atoms in total. The Labute approximate surface area is 203 Å². The first-order valence-corrected chi connectivity index (χ1v) is 12.4. The van der Waals surface area contributed by atoms with Crippen molar-refractivity contribution in [3.63, 3.8) is 0 Å². The number of benzene rings is 2. The van der Waals surface area contributed by atoms with Crippen LogP contribution in [0.2, 0.25) is 0 Å². The summed E-state index contributed by atoms with van der Waals surface area (Å²) in [6.45, 7) is 4.95. The number of hydrogen-bond acceptors (Lipinski definition) is 7. The highest BCUT2D eigenvalue weighted by atomic mass is 32.2. The van der Waals surface area contributed by atoms with Gasteiger partial charge < -0.3 is 15.8 Å². The molecule has 0 unspecified atom stereocenters. The minimum atomic E-state index is -3.84. The molecule has 4 aromatic rings. The number of nitrogens with two attached hydrogens (primary N) is 1. The summed E-state index contributed by atoms with van der Waals surface area (Å²) in [6.07, 6.45) is 3.56. The second-order valence-electron chi connectivity index (χ2n) is 8.88. The summed E-state index contributed by atoms with van der Waals surface area (Å²) in [7, 11) is -3.84. The molecular formula is C24H25N7O3S.